The van der Waals surface area contributed by atoms with E-state index in [2.05, 4.69) is 13.8 Å². The summed E-state index contributed by atoms with van der Waals surface area (Å²) in [5, 5.41) is 17.5. The molecule has 0 bridgehead atoms. The van der Waals surface area contributed by atoms with E-state index < -0.39 is 19.9 Å². The molecule has 5 heteroatoms. The van der Waals surface area contributed by atoms with Crippen molar-refractivity contribution in [3.8, 4) is 0 Å². The predicted molar refractivity (Wildman–Crippen MR) is 83.9 cm³/mol. The quantitative estimate of drug-likeness (QED) is 0.504. The van der Waals surface area contributed by atoms with Gasteiger partial charge in [0.1, 0.15) is 0 Å². The van der Waals surface area contributed by atoms with E-state index >= 15 is 0 Å². The van der Waals surface area contributed by atoms with Gasteiger partial charge in [-0.25, -0.2) is 0 Å². The van der Waals surface area contributed by atoms with Crippen molar-refractivity contribution in [3.05, 3.63) is 0 Å². The van der Waals surface area contributed by atoms with Gasteiger partial charge < -0.3 is 10.2 Å². The maximum absolute atomic E-state index is 10.7. The molecule has 0 aliphatic carbocycles. The summed E-state index contributed by atoms with van der Waals surface area (Å²) in [7, 11) is -0.441. The lowest BCUT2D eigenvalue weighted by Gasteiger charge is -2.20. The van der Waals surface area contributed by atoms with Crippen molar-refractivity contribution in [2.75, 3.05) is 18.5 Å². The van der Waals surface area contributed by atoms with Crippen LogP contribution in [-0.4, -0.2) is 40.6 Å². The van der Waals surface area contributed by atoms with Crippen LogP contribution >= 0.6 is 7.92 Å². The fraction of sp³-hybridized carbons (Fsp3) is 0.867. The molecule has 0 radical (unpaired) electrons. The van der Waals surface area contributed by atoms with E-state index in [9.17, 15) is 9.59 Å². The van der Waals surface area contributed by atoms with Crippen LogP contribution in [0.2, 0.25) is 0 Å². The van der Waals surface area contributed by atoms with Crippen LogP contribution < -0.4 is 0 Å². The van der Waals surface area contributed by atoms with Crippen LogP contribution in [0.25, 0.3) is 0 Å². The normalized spacial score (nSPS) is 12.6. The summed E-state index contributed by atoms with van der Waals surface area (Å²) < 4.78 is 0. The maximum Gasteiger partial charge on any atom is 0.303 e. The minimum Gasteiger partial charge on any atom is -0.481 e. The molecule has 0 saturated carbocycles. The first-order chi connectivity index (χ1) is 9.49. The van der Waals surface area contributed by atoms with Crippen molar-refractivity contribution in [2.45, 2.75) is 58.8 Å². The highest BCUT2D eigenvalue weighted by Crippen LogP contribution is 2.39. The van der Waals surface area contributed by atoms with Crippen LogP contribution in [-0.2, 0) is 9.59 Å². The summed E-state index contributed by atoms with van der Waals surface area (Å²) >= 11 is 0. The van der Waals surface area contributed by atoms with Crippen LogP contribution in [0.15, 0.2) is 0 Å². The number of hydrogen-bond acceptors (Lipinski definition) is 2. The molecule has 0 aliphatic rings. The molecule has 0 aromatic rings. The fourth-order valence-electron chi connectivity index (χ4n) is 2.25. The van der Waals surface area contributed by atoms with Gasteiger partial charge in [0.15, 0.2) is 0 Å². The Hall–Kier alpha value is -0.630. The molecule has 0 spiro atoms. The molecule has 0 aliphatic heterocycles. The summed E-state index contributed by atoms with van der Waals surface area (Å²) in [6.45, 7) is 4.40. The molecule has 118 valence electrons. The van der Waals surface area contributed by atoms with Gasteiger partial charge in [-0.3, -0.25) is 9.59 Å². The van der Waals surface area contributed by atoms with Crippen molar-refractivity contribution >= 4 is 19.9 Å². The molecule has 0 aromatic carbocycles. The Morgan fingerprint density at radius 2 is 1.50 bits per heavy atom. The number of aliphatic carboxylic acids is 2. The molecule has 0 fully saturated rings. The van der Waals surface area contributed by atoms with Gasteiger partial charge in [-0.1, -0.05) is 39.5 Å². The molecule has 1 atom stereocenters. The first-order valence-electron chi connectivity index (χ1n) is 7.65. The van der Waals surface area contributed by atoms with E-state index in [1.54, 1.807) is 0 Å². The van der Waals surface area contributed by atoms with E-state index in [4.69, 9.17) is 10.2 Å². The molecule has 0 amide bonds. The van der Waals surface area contributed by atoms with Gasteiger partial charge in [0, 0.05) is 12.8 Å². The van der Waals surface area contributed by atoms with Crippen molar-refractivity contribution in [2.24, 2.45) is 5.92 Å². The molecule has 0 saturated heterocycles. The Balaban J connectivity index is 4.16. The molecule has 0 heterocycles. The molecule has 0 aromatic heterocycles. The highest BCUT2D eigenvalue weighted by molar-refractivity contribution is 7.57. The Morgan fingerprint density at radius 3 is 1.90 bits per heavy atom. The van der Waals surface area contributed by atoms with E-state index in [1.807, 2.05) is 0 Å². The Kier molecular flexibility index (Phi) is 11.8. The van der Waals surface area contributed by atoms with Crippen LogP contribution in [0.1, 0.15) is 58.8 Å². The summed E-state index contributed by atoms with van der Waals surface area (Å²) in [5.74, 6) is -0.827. The molecular weight excluding hydrogens is 275 g/mol. The molecule has 4 nitrogen and oxygen atoms in total. The standard InChI is InChI=1S/C15H29O4P/c1-3-5-6-13(4-2)7-10-20(11-8-14(16)17)12-9-15(18)19/h13H,3-12H2,1-2H3,(H,16,17)(H,18,19). The van der Waals surface area contributed by atoms with Gasteiger partial charge in [0.05, 0.1) is 0 Å². The zero-order valence-electron chi connectivity index (χ0n) is 12.8. The van der Waals surface area contributed by atoms with Gasteiger partial charge in [-0.2, -0.15) is 0 Å². The lowest BCUT2D eigenvalue weighted by molar-refractivity contribution is -0.137. The van der Waals surface area contributed by atoms with Crippen molar-refractivity contribution < 1.29 is 19.8 Å². The second-order valence-electron chi connectivity index (χ2n) is 5.33. The molecule has 0 rings (SSSR count). The second kappa shape index (κ2) is 12.1. The van der Waals surface area contributed by atoms with Crippen molar-refractivity contribution in [1.82, 2.24) is 0 Å². The number of carboxylic acids is 2. The maximum atomic E-state index is 10.7. The van der Waals surface area contributed by atoms with E-state index in [1.165, 1.54) is 25.7 Å². The van der Waals surface area contributed by atoms with Gasteiger partial charge in [0.25, 0.3) is 0 Å². The largest absolute Gasteiger partial charge is 0.481 e. The van der Waals surface area contributed by atoms with Gasteiger partial charge >= 0.3 is 11.9 Å². The average Bonchev–Trinajstić information content (AvgIpc) is 2.40. The van der Waals surface area contributed by atoms with Crippen molar-refractivity contribution in [1.29, 1.82) is 0 Å². The Labute approximate surface area is 123 Å². The van der Waals surface area contributed by atoms with Crippen LogP contribution in [0, 0.1) is 5.92 Å². The lowest BCUT2D eigenvalue weighted by Crippen LogP contribution is -2.08. The minimum atomic E-state index is -0.772. The summed E-state index contributed by atoms with van der Waals surface area (Å²) in [4.78, 5) is 21.3. The first kappa shape index (κ1) is 19.4. The average molecular weight is 304 g/mol. The number of carboxylic acid groups (broad SMARTS) is 2. The van der Waals surface area contributed by atoms with Gasteiger partial charge in [-0.15, -0.1) is 7.92 Å². The third kappa shape index (κ3) is 11.2. The summed E-state index contributed by atoms with van der Waals surface area (Å²) in [6.07, 6.45) is 8.72. The highest BCUT2D eigenvalue weighted by Gasteiger charge is 2.14. The minimum absolute atomic E-state index is 0.178. The van der Waals surface area contributed by atoms with E-state index in [-0.39, 0.29) is 12.8 Å². The number of rotatable bonds is 13. The SMILES string of the molecule is CCCCC(CC)CCP(CCC(=O)O)CCC(=O)O. The summed E-state index contributed by atoms with van der Waals surface area (Å²) in [5.41, 5.74) is 0. The van der Waals surface area contributed by atoms with E-state index in [0.717, 1.165) is 18.5 Å². The topological polar surface area (TPSA) is 74.6 Å². The highest BCUT2D eigenvalue weighted by atomic mass is 31.1. The van der Waals surface area contributed by atoms with Crippen LogP contribution in [0.5, 0.6) is 0 Å². The smallest absolute Gasteiger partial charge is 0.303 e. The number of hydrogen-bond donors (Lipinski definition) is 2. The van der Waals surface area contributed by atoms with Crippen molar-refractivity contribution in [3.63, 3.8) is 0 Å². The third-order valence-corrected chi connectivity index (χ3v) is 6.28. The molecule has 2 N–H and O–H groups in total. The lowest BCUT2D eigenvalue weighted by atomic mass is 9.97. The van der Waals surface area contributed by atoms with Gasteiger partial charge in [-0.05, 0) is 30.8 Å². The zero-order chi connectivity index (χ0) is 15.4. The molecular formula is C15H29O4P. The Morgan fingerprint density at radius 1 is 0.950 bits per heavy atom. The van der Waals surface area contributed by atoms with E-state index in [0.29, 0.717) is 12.3 Å². The number of unbranched alkanes of at least 4 members (excludes halogenated alkanes) is 1. The molecule has 20 heavy (non-hydrogen) atoms. The van der Waals surface area contributed by atoms with Crippen LogP contribution in [0.4, 0.5) is 0 Å². The second-order valence-corrected chi connectivity index (χ2v) is 8.02. The van der Waals surface area contributed by atoms with Gasteiger partial charge in [0.2, 0.25) is 0 Å². The van der Waals surface area contributed by atoms with Crippen LogP contribution in [0.3, 0.4) is 0 Å². The monoisotopic (exact) mass is 304 g/mol. The molecule has 1 unspecified atom stereocenters. The fourth-order valence-corrected chi connectivity index (χ4v) is 4.67. The third-order valence-electron chi connectivity index (χ3n) is 3.68. The Bertz CT molecular complexity index is 263. The zero-order valence-corrected chi connectivity index (χ0v) is 13.7. The first-order valence-corrected chi connectivity index (χ1v) is 9.55. The number of carbonyl (C=O) groups is 2. The predicted octanol–water partition coefficient (Wildman–Crippen LogP) is 4.02. The summed E-state index contributed by atoms with van der Waals surface area (Å²) in [6, 6.07) is 0.